The number of rotatable bonds is 6. The number of nitrogens with one attached hydrogen (secondary N) is 2. The van der Waals surface area contributed by atoms with Crippen molar-refractivity contribution < 1.29 is 14.7 Å². The molecular formula is C19H27N3O3. The van der Waals surface area contributed by atoms with Gasteiger partial charge in [0, 0.05) is 17.6 Å². The van der Waals surface area contributed by atoms with Crippen molar-refractivity contribution in [2.45, 2.75) is 57.2 Å². The second-order valence-corrected chi connectivity index (χ2v) is 7.56. The number of hydrogen-bond acceptors (Lipinski definition) is 3. The van der Waals surface area contributed by atoms with Crippen LogP contribution in [0.1, 0.15) is 37.8 Å². The third-order valence-corrected chi connectivity index (χ3v) is 5.40. The van der Waals surface area contributed by atoms with Gasteiger partial charge in [0.15, 0.2) is 0 Å². The van der Waals surface area contributed by atoms with Crippen LogP contribution in [0, 0.1) is 0 Å². The Morgan fingerprint density at radius 1 is 1.24 bits per heavy atom. The third-order valence-electron chi connectivity index (χ3n) is 5.40. The van der Waals surface area contributed by atoms with Gasteiger partial charge in [-0.2, -0.15) is 0 Å². The first-order chi connectivity index (χ1) is 11.9. The number of hydrogen-bond donors (Lipinski definition) is 3. The highest BCUT2D eigenvalue weighted by molar-refractivity contribution is 5.75. The van der Waals surface area contributed by atoms with Crippen LogP contribution in [0.2, 0.25) is 0 Å². The summed E-state index contributed by atoms with van der Waals surface area (Å²) >= 11 is 0. The lowest BCUT2D eigenvalue weighted by atomic mass is 9.85. The molecule has 1 saturated carbocycles. The van der Waals surface area contributed by atoms with E-state index < -0.39 is 5.97 Å². The van der Waals surface area contributed by atoms with Gasteiger partial charge in [0.05, 0.1) is 6.54 Å². The second-order valence-electron chi connectivity index (χ2n) is 7.56. The van der Waals surface area contributed by atoms with E-state index in [1.165, 1.54) is 11.1 Å². The van der Waals surface area contributed by atoms with Crippen LogP contribution in [-0.4, -0.2) is 52.7 Å². The molecule has 136 valence electrons. The van der Waals surface area contributed by atoms with Crippen molar-refractivity contribution in [1.82, 2.24) is 15.5 Å². The van der Waals surface area contributed by atoms with E-state index >= 15 is 0 Å². The predicted octanol–water partition coefficient (Wildman–Crippen LogP) is 1.78. The van der Waals surface area contributed by atoms with Crippen molar-refractivity contribution in [3.05, 3.63) is 35.4 Å². The number of aliphatic carboxylic acids is 1. The van der Waals surface area contributed by atoms with E-state index in [1.54, 1.807) is 0 Å². The van der Waals surface area contributed by atoms with Gasteiger partial charge < -0.3 is 15.7 Å². The summed E-state index contributed by atoms with van der Waals surface area (Å²) in [5.74, 6) is -0.801. The number of carboxylic acid groups (broad SMARTS) is 1. The van der Waals surface area contributed by atoms with E-state index in [0.29, 0.717) is 6.54 Å². The Morgan fingerprint density at radius 3 is 2.36 bits per heavy atom. The SMILES string of the molecule is CCN(CC(=O)O)C1CC(NC(=O)NC2(C)Cc3ccccc3C2)C1. The van der Waals surface area contributed by atoms with Crippen LogP contribution in [0.3, 0.4) is 0 Å². The fourth-order valence-electron chi connectivity index (χ4n) is 4.07. The molecule has 2 aliphatic carbocycles. The number of carboxylic acids is 1. The minimum absolute atomic E-state index is 0.0659. The van der Waals surface area contributed by atoms with E-state index in [4.69, 9.17) is 5.11 Å². The molecule has 0 spiro atoms. The van der Waals surface area contributed by atoms with Crippen LogP contribution in [0.5, 0.6) is 0 Å². The maximum Gasteiger partial charge on any atom is 0.317 e. The van der Waals surface area contributed by atoms with Gasteiger partial charge in [-0.1, -0.05) is 31.2 Å². The molecule has 6 nitrogen and oxygen atoms in total. The van der Waals surface area contributed by atoms with Crippen molar-refractivity contribution in [3.8, 4) is 0 Å². The Labute approximate surface area is 148 Å². The van der Waals surface area contributed by atoms with E-state index in [-0.39, 0.29) is 30.2 Å². The lowest BCUT2D eigenvalue weighted by molar-refractivity contribution is -0.139. The molecule has 3 rings (SSSR count). The molecule has 0 unspecified atom stereocenters. The largest absolute Gasteiger partial charge is 0.480 e. The highest BCUT2D eigenvalue weighted by Gasteiger charge is 2.37. The van der Waals surface area contributed by atoms with E-state index in [2.05, 4.69) is 29.7 Å². The maximum atomic E-state index is 12.4. The van der Waals surface area contributed by atoms with Crippen molar-refractivity contribution >= 4 is 12.0 Å². The number of carbonyl (C=O) groups excluding carboxylic acids is 1. The van der Waals surface area contributed by atoms with Gasteiger partial charge in [0.25, 0.3) is 0 Å². The van der Waals surface area contributed by atoms with Crippen LogP contribution < -0.4 is 10.6 Å². The molecule has 3 N–H and O–H groups in total. The first-order valence-corrected chi connectivity index (χ1v) is 9.00. The smallest absolute Gasteiger partial charge is 0.317 e. The zero-order valence-corrected chi connectivity index (χ0v) is 14.9. The minimum atomic E-state index is -0.801. The first kappa shape index (κ1) is 17.7. The number of amides is 2. The molecule has 25 heavy (non-hydrogen) atoms. The summed E-state index contributed by atoms with van der Waals surface area (Å²) < 4.78 is 0. The molecule has 0 aliphatic heterocycles. The zero-order valence-electron chi connectivity index (χ0n) is 14.9. The fourth-order valence-corrected chi connectivity index (χ4v) is 4.07. The highest BCUT2D eigenvalue weighted by Crippen LogP contribution is 2.30. The summed E-state index contributed by atoms with van der Waals surface area (Å²) in [6.45, 7) is 4.83. The van der Waals surface area contributed by atoms with Crippen LogP contribution in [-0.2, 0) is 17.6 Å². The number of carbonyl (C=O) groups is 2. The molecule has 1 aromatic carbocycles. The van der Waals surface area contributed by atoms with Gasteiger partial charge in [0.2, 0.25) is 0 Å². The van der Waals surface area contributed by atoms with Crippen molar-refractivity contribution in [1.29, 1.82) is 0 Å². The summed E-state index contributed by atoms with van der Waals surface area (Å²) in [7, 11) is 0. The number of urea groups is 1. The number of nitrogens with zero attached hydrogens (tertiary/aromatic N) is 1. The normalized spacial score (nSPS) is 23.6. The molecule has 0 saturated heterocycles. The van der Waals surface area contributed by atoms with Crippen LogP contribution >= 0.6 is 0 Å². The Kier molecular flexibility index (Phi) is 4.99. The fraction of sp³-hybridized carbons (Fsp3) is 0.579. The lowest BCUT2D eigenvalue weighted by Crippen LogP contribution is -2.59. The van der Waals surface area contributed by atoms with Crippen molar-refractivity contribution in [3.63, 3.8) is 0 Å². The number of likely N-dealkylation sites (N-methyl/N-ethyl adjacent to an activating group) is 1. The monoisotopic (exact) mass is 345 g/mol. The molecule has 1 aromatic rings. The maximum absolute atomic E-state index is 12.4. The molecule has 0 radical (unpaired) electrons. The number of fused-ring (bicyclic) bond motifs is 1. The first-order valence-electron chi connectivity index (χ1n) is 9.00. The Morgan fingerprint density at radius 2 is 1.84 bits per heavy atom. The van der Waals surface area contributed by atoms with Gasteiger partial charge in [-0.3, -0.25) is 9.69 Å². The zero-order chi connectivity index (χ0) is 18.0. The van der Waals surface area contributed by atoms with Gasteiger partial charge in [-0.15, -0.1) is 0 Å². The molecule has 2 aliphatic rings. The average Bonchev–Trinajstić information content (AvgIpc) is 2.83. The van der Waals surface area contributed by atoms with Gasteiger partial charge in [0.1, 0.15) is 0 Å². The molecule has 0 aromatic heterocycles. The summed E-state index contributed by atoms with van der Waals surface area (Å²) in [4.78, 5) is 25.2. The van der Waals surface area contributed by atoms with E-state index in [0.717, 1.165) is 25.7 Å². The molecule has 0 atom stereocenters. The summed E-state index contributed by atoms with van der Waals surface area (Å²) in [6, 6.07) is 8.57. The molecule has 0 heterocycles. The van der Waals surface area contributed by atoms with Crippen molar-refractivity contribution in [2.24, 2.45) is 0 Å². The van der Waals surface area contributed by atoms with Crippen LogP contribution in [0.15, 0.2) is 24.3 Å². The summed E-state index contributed by atoms with van der Waals surface area (Å²) in [5, 5.41) is 15.1. The quantitative estimate of drug-likeness (QED) is 0.734. The number of benzene rings is 1. The van der Waals surface area contributed by atoms with Gasteiger partial charge in [-0.05, 0) is 50.3 Å². The molecule has 6 heteroatoms. The highest BCUT2D eigenvalue weighted by atomic mass is 16.4. The van der Waals surface area contributed by atoms with Crippen molar-refractivity contribution in [2.75, 3.05) is 13.1 Å². The predicted molar refractivity (Wildman–Crippen MR) is 95.6 cm³/mol. The van der Waals surface area contributed by atoms with E-state index in [1.807, 2.05) is 24.0 Å². The van der Waals surface area contributed by atoms with Crippen LogP contribution in [0.4, 0.5) is 4.79 Å². The summed E-state index contributed by atoms with van der Waals surface area (Å²) in [5.41, 5.74) is 2.37. The molecule has 2 amide bonds. The third kappa shape index (κ3) is 4.12. The molecular weight excluding hydrogens is 318 g/mol. The Bertz CT molecular complexity index is 630. The standard InChI is InChI=1S/C19H27N3O3/c1-3-22(12-17(23)24)16-8-15(9-16)20-18(25)21-19(2)10-13-6-4-5-7-14(13)11-19/h4-7,15-16H,3,8-12H2,1-2H3,(H,23,24)(H2,20,21,25). The topological polar surface area (TPSA) is 81.7 Å². The van der Waals surface area contributed by atoms with Gasteiger partial charge in [-0.25, -0.2) is 4.79 Å². The molecule has 0 bridgehead atoms. The Balaban J connectivity index is 1.45. The van der Waals surface area contributed by atoms with Gasteiger partial charge >= 0.3 is 12.0 Å². The minimum Gasteiger partial charge on any atom is -0.480 e. The van der Waals surface area contributed by atoms with Crippen LogP contribution in [0.25, 0.3) is 0 Å². The second kappa shape index (κ2) is 7.04. The lowest BCUT2D eigenvalue weighted by Gasteiger charge is -2.42. The van der Waals surface area contributed by atoms with E-state index in [9.17, 15) is 9.59 Å². The summed E-state index contributed by atoms with van der Waals surface area (Å²) in [6.07, 6.45) is 3.33. The average molecular weight is 345 g/mol. The molecule has 1 fully saturated rings. The Hall–Kier alpha value is -2.08.